The van der Waals surface area contributed by atoms with Gasteiger partial charge in [0.15, 0.2) is 0 Å². The van der Waals surface area contributed by atoms with Crippen molar-refractivity contribution in [2.45, 2.75) is 6.92 Å². The summed E-state index contributed by atoms with van der Waals surface area (Å²) in [5.41, 5.74) is 2.05. The van der Waals surface area contributed by atoms with Gasteiger partial charge in [0.1, 0.15) is 0 Å². The Morgan fingerprint density at radius 2 is 1.68 bits per heavy atom. The molecule has 3 aromatic rings. The van der Waals surface area contributed by atoms with Gasteiger partial charge in [-0.15, -0.1) is 0 Å². The number of benzene rings is 2. The molecule has 0 amide bonds. The molecule has 2 aromatic carbocycles. The van der Waals surface area contributed by atoms with Crippen LogP contribution in [0.3, 0.4) is 0 Å². The van der Waals surface area contributed by atoms with Crippen molar-refractivity contribution in [1.29, 1.82) is 0 Å². The zero-order valence-electron chi connectivity index (χ0n) is 10.8. The number of rotatable bonds is 3. The first-order valence-corrected chi connectivity index (χ1v) is 6.46. The maximum atomic E-state index is 5.67. The van der Waals surface area contributed by atoms with Crippen LogP contribution in [0.5, 0.6) is 5.88 Å². The lowest BCUT2D eigenvalue weighted by Crippen LogP contribution is -1.97. The normalized spacial score (nSPS) is 10.6. The number of fused-ring (bicyclic) bond motifs is 1. The summed E-state index contributed by atoms with van der Waals surface area (Å²) in [5.74, 6) is 0.708. The number of aromatic nitrogens is 1. The molecule has 0 bridgehead atoms. The summed E-state index contributed by atoms with van der Waals surface area (Å²) in [5, 5.41) is 2.21. The highest BCUT2D eigenvalue weighted by Gasteiger charge is 2.07. The predicted octanol–water partition coefficient (Wildman–Crippen LogP) is 4.30. The fraction of sp³-hybridized carbons (Fsp3) is 0.118. The van der Waals surface area contributed by atoms with Crippen LogP contribution in [0.4, 0.5) is 0 Å². The van der Waals surface area contributed by atoms with Crippen molar-refractivity contribution < 1.29 is 4.74 Å². The van der Waals surface area contributed by atoms with Crippen LogP contribution in [0, 0.1) is 0 Å². The van der Waals surface area contributed by atoms with E-state index < -0.39 is 0 Å². The summed E-state index contributed by atoms with van der Waals surface area (Å²) in [4.78, 5) is 4.64. The molecule has 0 aliphatic carbocycles. The second kappa shape index (κ2) is 5.11. The SMILES string of the molecule is CCOc1nc(-c2ccccc2)cc2ccccc12. The lowest BCUT2D eigenvalue weighted by atomic mass is 10.1. The maximum absolute atomic E-state index is 5.67. The molecule has 0 unspecified atom stereocenters. The third-order valence-corrected chi connectivity index (χ3v) is 3.06. The highest BCUT2D eigenvalue weighted by atomic mass is 16.5. The monoisotopic (exact) mass is 249 g/mol. The van der Waals surface area contributed by atoms with E-state index in [1.807, 2.05) is 43.3 Å². The molecule has 2 nitrogen and oxygen atoms in total. The van der Waals surface area contributed by atoms with E-state index in [2.05, 4.69) is 29.2 Å². The Morgan fingerprint density at radius 3 is 2.47 bits per heavy atom. The summed E-state index contributed by atoms with van der Waals surface area (Å²) in [6, 6.07) is 20.5. The fourth-order valence-corrected chi connectivity index (χ4v) is 2.17. The zero-order valence-corrected chi connectivity index (χ0v) is 10.8. The standard InChI is InChI=1S/C17H15NO/c1-2-19-17-15-11-7-6-10-14(15)12-16(18-17)13-8-4-3-5-9-13/h3-12H,2H2,1H3. The van der Waals surface area contributed by atoms with Crippen LogP contribution < -0.4 is 4.74 Å². The van der Waals surface area contributed by atoms with E-state index in [4.69, 9.17) is 4.74 Å². The van der Waals surface area contributed by atoms with Gasteiger partial charge in [0.25, 0.3) is 0 Å². The summed E-state index contributed by atoms with van der Waals surface area (Å²) in [7, 11) is 0. The molecule has 0 N–H and O–H groups in total. The molecular weight excluding hydrogens is 234 g/mol. The minimum Gasteiger partial charge on any atom is -0.478 e. The van der Waals surface area contributed by atoms with Crippen molar-refractivity contribution in [1.82, 2.24) is 4.98 Å². The Bertz CT molecular complexity index is 692. The van der Waals surface area contributed by atoms with Crippen molar-refractivity contribution in [2.75, 3.05) is 6.61 Å². The minimum atomic E-state index is 0.620. The summed E-state index contributed by atoms with van der Waals surface area (Å²) in [6.07, 6.45) is 0. The Labute approximate surface area is 112 Å². The minimum absolute atomic E-state index is 0.620. The average molecular weight is 249 g/mol. The third-order valence-electron chi connectivity index (χ3n) is 3.06. The van der Waals surface area contributed by atoms with Gasteiger partial charge in [-0.25, -0.2) is 4.98 Å². The Hall–Kier alpha value is -2.35. The van der Waals surface area contributed by atoms with Crippen LogP contribution in [0.1, 0.15) is 6.92 Å². The van der Waals surface area contributed by atoms with Crippen LogP contribution in [0.15, 0.2) is 60.7 Å². The topological polar surface area (TPSA) is 22.1 Å². The molecule has 94 valence electrons. The van der Waals surface area contributed by atoms with E-state index in [0.717, 1.165) is 22.0 Å². The van der Waals surface area contributed by atoms with Gasteiger partial charge in [-0.05, 0) is 24.4 Å². The van der Waals surface area contributed by atoms with Gasteiger partial charge in [0, 0.05) is 10.9 Å². The molecule has 0 fully saturated rings. The molecule has 0 aliphatic heterocycles. The van der Waals surface area contributed by atoms with E-state index in [0.29, 0.717) is 12.5 Å². The average Bonchev–Trinajstić information content (AvgIpc) is 2.48. The number of pyridine rings is 1. The van der Waals surface area contributed by atoms with Crippen LogP contribution in [0.25, 0.3) is 22.0 Å². The highest BCUT2D eigenvalue weighted by Crippen LogP contribution is 2.28. The molecule has 1 heterocycles. The lowest BCUT2D eigenvalue weighted by Gasteiger charge is -2.09. The molecule has 0 saturated carbocycles. The van der Waals surface area contributed by atoms with E-state index in [-0.39, 0.29) is 0 Å². The quantitative estimate of drug-likeness (QED) is 0.690. The largest absolute Gasteiger partial charge is 0.478 e. The van der Waals surface area contributed by atoms with E-state index >= 15 is 0 Å². The highest BCUT2D eigenvalue weighted by molar-refractivity contribution is 5.89. The number of hydrogen-bond donors (Lipinski definition) is 0. The van der Waals surface area contributed by atoms with Gasteiger partial charge in [0.2, 0.25) is 5.88 Å². The summed E-state index contributed by atoms with van der Waals surface area (Å²) in [6.45, 7) is 2.60. The van der Waals surface area contributed by atoms with Gasteiger partial charge in [0.05, 0.1) is 12.3 Å². The number of hydrogen-bond acceptors (Lipinski definition) is 2. The molecule has 0 spiro atoms. The Kier molecular flexibility index (Phi) is 3.15. The first-order valence-electron chi connectivity index (χ1n) is 6.46. The van der Waals surface area contributed by atoms with Gasteiger partial charge in [-0.2, -0.15) is 0 Å². The van der Waals surface area contributed by atoms with Crippen molar-refractivity contribution in [3.8, 4) is 17.1 Å². The smallest absolute Gasteiger partial charge is 0.221 e. The molecule has 19 heavy (non-hydrogen) atoms. The molecule has 3 rings (SSSR count). The van der Waals surface area contributed by atoms with E-state index in [9.17, 15) is 0 Å². The van der Waals surface area contributed by atoms with Crippen molar-refractivity contribution in [3.63, 3.8) is 0 Å². The van der Waals surface area contributed by atoms with Gasteiger partial charge < -0.3 is 4.74 Å². The van der Waals surface area contributed by atoms with E-state index in [1.165, 1.54) is 0 Å². The summed E-state index contributed by atoms with van der Waals surface area (Å²) < 4.78 is 5.67. The van der Waals surface area contributed by atoms with Crippen LogP contribution in [-0.4, -0.2) is 11.6 Å². The van der Waals surface area contributed by atoms with Gasteiger partial charge in [-0.3, -0.25) is 0 Å². The first kappa shape index (κ1) is 11.7. The molecule has 0 atom stereocenters. The second-order valence-corrected chi connectivity index (χ2v) is 4.33. The fourth-order valence-electron chi connectivity index (χ4n) is 2.17. The molecule has 0 radical (unpaired) electrons. The third kappa shape index (κ3) is 2.29. The van der Waals surface area contributed by atoms with Crippen LogP contribution >= 0.6 is 0 Å². The number of ether oxygens (including phenoxy) is 1. The van der Waals surface area contributed by atoms with Crippen LogP contribution in [0.2, 0.25) is 0 Å². The van der Waals surface area contributed by atoms with Crippen LogP contribution in [-0.2, 0) is 0 Å². The molecule has 1 aromatic heterocycles. The van der Waals surface area contributed by atoms with Crippen molar-refractivity contribution >= 4 is 10.8 Å². The summed E-state index contributed by atoms with van der Waals surface area (Å²) >= 11 is 0. The lowest BCUT2D eigenvalue weighted by molar-refractivity contribution is 0.332. The van der Waals surface area contributed by atoms with Gasteiger partial charge >= 0.3 is 0 Å². The Morgan fingerprint density at radius 1 is 0.947 bits per heavy atom. The van der Waals surface area contributed by atoms with Gasteiger partial charge in [-0.1, -0.05) is 48.5 Å². The first-order chi connectivity index (χ1) is 9.38. The zero-order chi connectivity index (χ0) is 13.1. The van der Waals surface area contributed by atoms with E-state index in [1.54, 1.807) is 0 Å². The predicted molar refractivity (Wildman–Crippen MR) is 78.3 cm³/mol. The van der Waals surface area contributed by atoms with Crippen molar-refractivity contribution in [2.24, 2.45) is 0 Å². The molecular formula is C17H15NO. The molecule has 0 saturated heterocycles. The molecule has 0 aliphatic rings. The van der Waals surface area contributed by atoms with Crippen molar-refractivity contribution in [3.05, 3.63) is 60.7 Å². The second-order valence-electron chi connectivity index (χ2n) is 4.33. The Balaban J connectivity index is 2.22. The molecule has 2 heteroatoms. The maximum Gasteiger partial charge on any atom is 0.221 e. The number of nitrogens with zero attached hydrogens (tertiary/aromatic N) is 1.